The normalized spacial score (nSPS) is 32.3. The molecule has 1 heterocycles. The number of hydrogen-bond acceptors (Lipinski definition) is 3. The van der Waals surface area contributed by atoms with Crippen molar-refractivity contribution in [1.29, 1.82) is 0 Å². The molecule has 4 atom stereocenters. The van der Waals surface area contributed by atoms with Crippen LogP contribution in [0.5, 0.6) is 0 Å². The van der Waals surface area contributed by atoms with Gasteiger partial charge in [0.1, 0.15) is 0 Å². The fourth-order valence-corrected chi connectivity index (χ4v) is 4.23. The first-order valence-corrected chi connectivity index (χ1v) is 8.54. The number of aliphatic carboxylic acids is 1. The van der Waals surface area contributed by atoms with Gasteiger partial charge < -0.3 is 15.3 Å². The minimum absolute atomic E-state index is 0.0181. The summed E-state index contributed by atoms with van der Waals surface area (Å²) in [5.41, 5.74) is 0. The maximum atomic E-state index is 12.5. The summed E-state index contributed by atoms with van der Waals surface area (Å²) >= 11 is 0. The van der Waals surface area contributed by atoms with Gasteiger partial charge in [0.25, 0.3) is 0 Å². The number of hydrogen-bond donors (Lipinski definition) is 2. The van der Waals surface area contributed by atoms with Crippen LogP contribution in [0.1, 0.15) is 32.1 Å². The van der Waals surface area contributed by atoms with Gasteiger partial charge in [-0.2, -0.15) is 0 Å². The molecule has 4 aliphatic rings. The molecule has 0 unspecified atom stereocenters. The predicted octanol–water partition coefficient (Wildman–Crippen LogP) is 1.03. The highest BCUT2D eigenvalue weighted by molar-refractivity contribution is 5.86. The molecule has 2 amide bonds. The Bertz CT molecular complexity index is 531. The van der Waals surface area contributed by atoms with Crippen molar-refractivity contribution < 1.29 is 19.5 Å². The zero-order valence-corrected chi connectivity index (χ0v) is 13.2. The maximum absolute atomic E-state index is 12.5. The van der Waals surface area contributed by atoms with Crippen molar-refractivity contribution in [2.24, 2.45) is 23.7 Å². The summed E-state index contributed by atoms with van der Waals surface area (Å²) in [6.45, 7) is 1.97. The second-order valence-corrected chi connectivity index (χ2v) is 6.81. The first kappa shape index (κ1) is 16.0. The van der Waals surface area contributed by atoms with Gasteiger partial charge >= 0.3 is 5.97 Å². The summed E-state index contributed by atoms with van der Waals surface area (Å²) in [4.78, 5) is 37.4. The lowest BCUT2D eigenvalue weighted by Gasteiger charge is -2.41. The summed E-state index contributed by atoms with van der Waals surface area (Å²) in [5.74, 6) is -1.85. The van der Waals surface area contributed by atoms with Crippen molar-refractivity contribution in [2.45, 2.75) is 32.1 Å². The molecule has 0 aromatic heterocycles. The number of nitrogens with zero attached hydrogens (tertiary/aromatic N) is 1. The molecule has 1 aliphatic heterocycles. The quantitative estimate of drug-likeness (QED) is 0.565. The van der Waals surface area contributed by atoms with Gasteiger partial charge in [0.05, 0.1) is 11.8 Å². The Morgan fingerprint density at radius 2 is 1.91 bits per heavy atom. The van der Waals surface area contributed by atoms with Crippen molar-refractivity contribution in [2.75, 3.05) is 19.6 Å². The molecular formula is C17H24N2O4. The van der Waals surface area contributed by atoms with E-state index >= 15 is 0 Å². The van der Waals surface area contributed by atoms with Crippen molar-refractivity contribution in [3.05, 3.63) is 12.2 Å². The number of amides is 2. The fourth-order valence-electron chi connectivity index (χ4n) is 4.23. The molecule has 0 spiro atoms. The Morgan fingerprint density at radius 3 is 2.48 bits per heavy atom. The molecule has 23 heavy (non-hydrogen) atoms. The summed E-state index contributed by atoms with van der Waals surface area (Å²) in [7, 11) is 0. The Morgan fingerprint density at radius 1 is 1.22 bits per heavy atom. The lowest BCUT2D eigenvalue weighted by Crippen LogP contribution is -2.49. The second-order valence-electron chi connectivity index (χ2n) is 6.81. The van der Waals surface area contributed by atoms with E-state index in [1.165, 1.54) is 0 Å². The van der Waals surface area contributed by atoms with E-state index in [0.29, 0.717) is 25.9 Å². The van der Waals surface area contributed by atoms with Crippen LogP contribution in [0.25, 0.3) is 0 Å². The number of carboxylic acids is 1. The zero-order valence-electron chi connectivity index (χ0n) is 13.2. The molecule has 6 heteroatoms. The van der Waals surface area contributed by atoms with E-state index in [1.807, 2.05) is 17.1 Å². The predicted molar refractivity (Wildman–Crippen MR) is 83.4 cm³/mol. The Hall–Kier alpha value is -1.85. The van der Waals surface area contributed by atoms with Crippen LogP contribution in [0.3, 0.4) is 0 Å². The minimum atomic E-state index is -0.869. The highest BCUT2D eigenvalue weighted by Gasteiger charge is 2.47. The average Bonchev–Trinajstić information content (AvgIpc) is 2.96. The smallest absolute Gasteiger partial charge is 0.307 e. The SMILES string of the molecule is O=C(O)[C@@H]1[C@@H](C(=O)NCCCN2CCCC2=O)[C@H]2C=C[C@H]1CC2. The first-order valence-electron chi connectivity index (χ1n) is 8.54. The van der Waals surface area contributed by atoms with E-state index in [2.05, 4.69) is 5.32 Å². The molecule has 3 aliphatic carbocycles. The first-order chi connectivity index (χ1) is 11.1. The van der Waals surface area contributed by atoms with Crippen LogP contribution in [0.2, 0.25) is 0 Å². The number of fused-ring (bicyclic) bond motifs is 2. The average molecular weight is 320 g/mol. The monoisotopic (exact) mass is 320 g/mol. The van der Waals surface area contributed by atoms with Gasteiger partial charge in [-0.25, -0.2) is 0 Å². The number of carbonyl (C=O) groups excluding carboxylic acids is 2. The summed E-state index contributed by atoms with van der Waals surface area (Å²) in [5, 5.41) is 12.4. The Balaban J connectivity index is 1.50. The molecule has 2 bridgehead atoms. The van der Waals surface area contributed by atoms with E-state index in [0.717, 1.165) is 25.8 Å². The van der Waals surface area contributed by atoms with Crippen molar-refractivity contribution in [3.63, 3.8) is 0 Å². The van der Waals surface area contributed by atoms with Crippen LogP contribution in [-0.4, -0.2) is 47.4 Å². The van der Waals surface area contributed by atoms with Crippen LogP contribution in [0.4, 0.5) is 0 Å². The van der Waals surface area contributed by atoms with Gasteiger partial charge in [0, 0.05) is 26.1 Å². The summed E-state index contributed by atoms with van der Waals surface area (Å²) < 4.78 is 0. The largest absolute Gasteiger partial charge is 0.481 e. The van der Waals surface area contributed by atoms with Gasteiger partial charge in [0.15, 0.2) is 0 Å². The Kier molecular flexibility index (Phi) is 4.68. The number of nitrogens with one attached hydrogen (secondary N) is 1. The van der Waals surface area contributed by atoms with Gasteiger partial charge in [-0.05, 0) is 37.5 Å². The van der Waals surface area contributed by atoms with Crippen molar-refractivity contribution in [1.82, 2.24) is 10.2 Å². The number of rotatable bonds is 6. The molecule has 6 nitrogen and oxygen atoms in total. The van der Waals surface area contributed by atoms with E-state index in [-0.39, 0.29) is 23.7 Å². The summed E-state index contributed by atoms with van der Waals surface area (Å²) in [6, 6.07) is 0. The Labute approximate surface area is 135 Å². The zero-order chi connectivity index (χ0) is 16.4. The molecule has 1 saturated carbocycles. The number of allylic oxidation sites excluding steroid dienone is 2. The van der Waals surface area contributed by atoms with Crippen LogP contribution < -0.4 is 5.32 Å². The molecule has 2 N–H and O–H groups in total. The van der Waals surface area contributed by atoms with E-state index < -0.39 is 17.8 Å². The second kappa shape index (κ2) is 6.72. The lowest BCUT2D eigenvalue weighted by atomic mass is 9.62. The van der Waals surface area contributed by atoms with Crippen LogP contribution >= 0.6 is 0 Å². The highest BCUT2D eigenvalue weighted by atomic mass is 16.4. The van der Waals surface area contributed by atoms with E-state index in [4.69, 9.17) is 0 Å². The third-order valence-electron chi connectivity index (χ3n) is 5.41. The van der Waals surface area contributed by atoms with Crippen LogP contribution in [0, 0.1) is 23.7 Å². The summed E-state index contributed by atoms with van der Waals surface area (Å²) in [6.07, 6.45) is 8.00. The van der Waals surface area contributed by atoms with Crippen molar-refractivity contribution >= 4 is 17.8 Å². The molecule has 4 rings (SSSR count). The van der Waals surface area contributed by atoms with Crippen LogP contribution in [-0.2, 0) is 14.4 Å². The van der Waals surface area contributed by atoms with Gasteiger partial charge in [0.2, 0.25) is 11.8 Å². The van der Waals surface area contributed by atoms with Gasteiger partial charge in [-0.3, -0.25) is 14.4 Å². The van der Waals surface area contributed by atoms with E-state index in [9.17, 15) is 19.5 Å². The van der Waals surface area contributed by atoms with E-state index in [1.54, 1.807) is 0 Å². The third-order valence-corrected chi connectivity index (χ3v) is 5.41. The lowest BCUT2D eigenvalue weighted by molar-refractivity contribution is -0.153. The molecule has 2 fully saturated rings. The third kappa shape index (κ3) is 3.26. The molecule has 0 radical (unpaired) electrons. The maximum Gasteiger partial charge on any atom is 0.307 e. The minimum Gasteiger partial charge on any atom is -0.481 e. The number of likely N-dealkylation sites (tertiary alicyclic amines) is 1. The van der Waals surface area contributed by atoms with Gasteiger partial charge in [-0.1, -0.05) is 12.2 Å². The molecule has 1 saturated heterocycles. The van der Waals surface area contributed by atoms with Crippen LogP contribution in [0.15, 0.2) is 12.2 Å². The molecule has 0 aromatic carbocycles. The number of carboxylic acid groups (broad SMARTS) is 1. The topological polar surface area (TPSA) is 86.7 Å². The molecule has 126 valence electrons. The van der Waals surface area contributed by atoms with Crippen molar-refractivity contribution in [3.8, 4) is 0 Å². The molecule has 0 aromatic rings. The van der Waals surface area contributed by atoms with Gasteiger partial charge in [-0.15, -0.1) is 0 Å². The number of carbonyl (C=O) groups is 3. The standard InChI is InChI=1S/C17H24N2O4/c20-13-3-1-9-19(13)10-2-8-18-16(21)14-11-4-6-12(7-5-11)15(14)17(22)23/h4,6,11-12,14-15H,1-3,5,7-10H2,(H,18,21)(H,22,23)/t11-,12-,14-,15-/m0/s1. The molecular weight excluding hydrogens is 296 g/mol. The highest BCUT2D eigenvalue weighted by Crippen LogP contribution is 2.45. The fraction of sp³-hybridized carbons (Fsp3) is 0.706.